The van der Waals surface area contributed by atoms with Gasteiger partial charge in [0.25, 0.3) is 0 Å². The number of carbonyl (C=O) groups excluding carboxylic acids is 2. The molecule has 3 rings (SSSR count). The lowest BCUT2D eigenvalue weighted by Crippen LogP contribution is -2.39. The summed E-state index contributed by atoms with van der Waals surface area (Å²) in [7, 11) is 0. The minimum Gasteiger partial charge on any atom is -0.311 e. The minimum atomic E-state index is -0.215. The molecule has 21 heavy (non-hydrogen) atoms. The standard InChI is InChI=1S/C18H17NO2/c1-13(14-7-3-2-4-8-14)18(21)19-12-11-17(20)15-9-5-6-10-16(15)19/h2-10,13H,11-12H2,1H3. The molecule has 1 aliphatic rings. The summed E-state index contributed by atoms with van der Waals surface area (Å²) in [5.74, 6) is -0.0596. The van der Waals surface area contributed by atoms with E-state index in [1.165, 1.54) is 0 Å². The molecular formula is C18H17NO2. The van der Waals surface area contributed by atoms with Gasteiger partial charge in [0.15, 0.2) is 5.78 Å². The summed E-state index contributed by atoms with van der Waals surface area (Å²) in [4.78, 5) is 26.5. The van der Waals surface area contributed by atoms with Crippen LogP contribution in [0.1, 0.15) is 35.2 Å². The summed E-state index contributed by atoms with van der Waals surface area (Å²) in [5.41, 5.74) is 2.38. The normalized spacial score (nSPS) is 15.5. The van der Waals surface area contributed by atoms with Crippen LogP contribution in [0.2, 0.25) is 0 Å². The molecule has 0 saturated heterocycles. The van der Waals surface area contributed by atoms with Crippen LogP contribution in [0.15, 0.2) is 54.6 Å². The number of fused-ring (bicyclic) bond motifs is 1. The summed E-state index contributed by atoms with van der Waals surface area (Å²) in [6, 6.07) is 17.1. The lowest BCUT2D eigenvalue weighted by Gasteiger charge is -2.30. The first-order chi connectivity index (χ1) is 10.2. The number of rotatable bonds is 2. The van der Waals surface area contributed by atoms with Crippen LogP contribution in [-0.2, 0) is 4.79 Å². The highest BCUT2D eigenvalue weighted by atomic mass is 16.2. The molecule has 2 aromatic rings. The third-order valence-electron chi connectivity index (χ3n) is 3.99. The van der Waals surface area contributed by atoms with Crippen molar-refractivity contribution in [2.45, 2.75) is 19.3 Å². The lowest BCUT2D eigenvalue weighted by atomic mass is 9.95. The van der Waals surface area contributed by atoms with Crippen LogP contribution in [0.5, 0.6) is 0 Å². The molecule has 3 heteroatoms. The van der Waals surface area contributed by atoms with Crippen molar-refractivity contribution in [2.24, 2.45) is 0 Å². The molecule has 106 valence electrons. The predicted octanol–water partition coefficient (Wildman–Crippen LogP) is 3.41. The fourth-order valence-electron chi connectivity index (χ4n) is 2.76. The average molecular weight is 279 g/mol. The topological polar surface area (TPSA) is 37.4 Å². The monoisotopic (exact) mass is 279 g/mol. The van der Waals surface area contributed by atoms with E-state index in [9.17, 15) is 9.59 Å². The number of para-hydroxylation sites is 1. The second-order valence-corrected chi connectivity index (χ2v) is 5.31. The van der Waals surface area contributed by atoms with Crippen molar-refractivity contribution in [1.82, 2.24) is 0 Å². The fourth-order valence-corrected chi connectivity index (χ4v) is 2.76. The van der Waals surface area contributed by atoms with Crippen LogP contribution in [0.4, 0.5) is 5.69 Å². The molecule has 0 bridgehead atoms. The van der Waals surface area contributed by atoms with Gasteiger partial charge in [-0.15, -0.1) is 0 Å². The summed E-state index contributed by atoms with van der Waals surface area (Å²) in [5, 5.41) is 0. The molecule has 0 aromatic heterocycles. The molecule has 0 aliphatic carbocycles. The Morgan fingerprint density at radius 3 is 2.48 bits per heavy atom. The number of nitrogens with zero attached hydrogens (tertiary/aromatic N) is 1. The molecule has 1 unspecified atom stereocenters. The molecule has 0 saturated carbocycles. The fraction of sp³-hybridized carbons (Fsp3) is 0.222. The number of benzene rings is 2. The first-order valence-electron chi connectivity index (χ1n) is 7.17. The quantitative estimate of drug-likeness (QED) is 0.844. The molecular weight excluding hydrogens is 262 g/mol. The third kappa shape index (κ3) is 2.47. The second kappa shape index (κ2) is 5.52. The second-order valence-electron chi connectivity index (χ2n) is 5.31. The van der Waals surface area contributed by atoms with Crippen molar-refractivity contribution in [3.8, 4) is 0 Å². The van der Waals surface area contributed by atoms with E-state index in [1.807, 2.05) is 55.5 Å². The number of carbonyl (C=O) groups is 2. The van der Waals surface area contributed by atoms with Gasteiger partial charge < -0.3 is 4.90 Å². The van der Waals surface area contributed by atoms with E-state index in [0.29, 0.717) is 18.5 Å². The van der Waals surface area contributed by atoms with Gasteiger partial charge in [-0.05, 0) is 24.6 Å². The molecule has 1 atom stereocenters. The van der Waals surface area contributed by atoms with Crippen molar-refractivity contribution in [1.29, 1.82) is 0 Å². The number of ketones is 1. The smallest absolute Gasteiger partial charge is 0.234 e. The van der Waals surface area contributed by atoms with E-state index in [1.54, 1.807) is 11.0 Å². The number of hydrogen-bond acceptors (Lipinski definition) is 2. The van der Waals surface area contributed by atoms with E-state index in [2.05, 4.69) is 0 Å². The van der Waals surface area contributed by atoms with Crippen LogP contribution in [0.3, 0.4) is 0 Å². The van der Waals surface area contributed by atoms with Gasteiger partial charge in [0.1, 0.15) is 0 Å². The molecule has 0 radical (unpaired) electrons. The van der Waals surface area contributed by atoms with Crippen molar-refractivity contribution in [3.63, 3.8) is 0 Å². The Morgan fingerprint density at radius 1 is 1.05 bits per heavy atom. The van der Waals surface area contributed by atoms with Gasteiger partial charge >= 0.3 is 0 Å². The summed E-state index contributed by atoms with van der Waals surface area (Å²) in [6.45, 7) is 2.38. The van der Waals surface area contributed by atoms with E-state index in [0.717, 1.165) is 11.3 Å². The maximum atomic E-state index is 12.8. The highest BCUT2D eigenvalue weighted by molar-refractivity contribution is 6.09. The average Bonchev–Trinajstić information content (AvgIpc) is 2.55. The molecule has 0 fully saturated rings. The highest BCUT2D eigenvalue weighted by Crippen LogP contribution is 2.30. The van der Waals surface area contributed by atoms with Gasteiger partial charge in [-0.1, -0.05) is 42.5 Å². The van der Waals surface area contributed by atoms with Crippen LogP contribution in [-0.4, -0.2) is 18.2 Å². The molecule has 0 spiro atoms. The number of anilines is 1. The Bertz CT molecular complexity index is 679. The molecule has 3 nitrogen and oxygen atoms in total. The van der Waals surface area contributed by atoms with Gasteiger partial charge in [-0.25, -0.2) is 0 Å². The van der Waals surface area contributed by atoms with E-state index in [4.69, 9.17) is 0 Å². The Balaban J connectivity index is 1.93. The van der Waals surface area contributed by atoms with Gasteiger partial charge in [0.2, 0.25) is 5.91 Å². The largest absolute Gasteiger partial charge is 0.311 e. The first kappa shape index (κ1) is 13.6. The maximum absolute atomic E-state index is 12.8. The zero-order chi connectivity index (χ0) is 14.8. The third-order valence-corrected chi connectivity index (χ3v) is 3.99. The number of amides is 1. The highest BCUT2D eigenvalue weighted by Gasteiger charge is 2.29. The summed E-state index contributed by atoms with van der Waals surface area (Å²) < 4.78 is 0. The van der Waals surface area contributed by atoms with Crippen molar-refractivity contribution >= 4 is 17.4 Å². The summed E-state index contributed by atoms with van der Waals surface area (Å²) in [6.07, 6.45) is 0.393. The van der Waals surface area contributed by atoms with E-state index in [-0.39, 0.29) is 17.6 Å². The minimum absolute atomic E-state index is 0.0427. The van der Waals surface area contributed by atoms with Crippen LogP contribution in [0, 0.1) is 0 Å². The van der Waals surface area contributed by atoms with Crippen LogP contribution < -0.4 is 4.90 Å². The van der Waals surface area contributed by atoms with E-state index < -0.39 is 0 Å². The van der Waals surface area contributed by atoms with E-state index >= 15 is 0 Å². The van der Waals surface area contributed by atoms with Crippen molar-refractivity contribution < 1.29 is 9.59 Å². The molecule has 1 amide bonds. The molecule has 0 N–H and O–H groups in total. The number of hydrogen-bond donors (Lipinski definition) is 0. The molecule has 1 heterocycles. The van der Waals surface area contributed by atoms with Gasteiger partial charge in [0, 0.05) is 18.5 Å². The van der Waals surface area contributed by atoms with Crippen molar-refractivity contribution in [3.05, 3.63) is 65.7 Å². The molecule has 2 aromatic carbocycles. The Kier molecular flexibility index (Phi) is 3.57. The lowest BCUT2D eigenvalue weighted by molar-refractivity contribution is -0.119. The van der Waals surface area contributed by atoms with Gasteiger partial charge in [-0.2, -0.15) is 0 Å². The van der Waals surface area contributed by atoms with Crippen LogP contribution in [0.25, 0.3) is 0 Å². The first-order valence-corrected chi connectivity index (χ1v) is 7.17. The van der Waals surface area contributed by atoms with Crippen LogP contribution >= 0.6 is 0 Å². The Hall–Kier alpha value is -2.42. The van der Waals surface area contributed by atoms with Gasteiger partial charge in [0.05, 0.1) is 11.6 Å². The van der Waals surface area contributed by atoms with Crippen molar-refractivity contribution in [2.75, 3.05) is 11.4 Å². The van der Waals surface area contributed by atoms with Gasteiger partial charge in [-0.3, -0.25) is 9.59 Å². The number of Topliss-reactive ketones (excluding diaryl/α,β-unsaturated/α-hetero) is 1. The maximum Gasteiger partial charge on any atom is 0.234 e. The molecule has 1 aliphatic heterocycles. The predicted molar refractivity (Wildman–Crippen MR) is 82.6 cm³/mol. The SMILES string of the molecule is CC(C(=O)N1CCC(=O)c2ccccc21)c1ccccc1. The Morgan fingerprint density at radius 2 is 1.71 bits per heavy atom. The Labute approximate surface area is 124 Å². The zero-order valence-electron chi connectivity index (χ0n) is 12.0. The zero-order valence-corrected chi connectivity index (χ0v) is 12.0. The summed E-state index contributed by atoms with van der Waals surface area (Å²) >= 11 is 0.